The fraction of sp³-hybridized carbons (Fsp3) is 0.385. The summed E-state index contributed by atoms with van der Waals surface area (Å²) in [6, 6.07) is 0. The summed E-state index contributed by atoms with van der Waals surface area (Å²) in [5.41, 5.74) is 1.37. The average Bonchev–Trinajstić information content (AvgIpc) is 2.51. The summed E-state index contributed by atoms with van der Waals surface area (Å²) in [6.07, 6.45) is 6.93. The van der Waals surface area contributed by atoms with Crippen molar-refractivity contribution in [1.82, 2.24) is 19.9 Å². The number of aromatic amines is 1. The van der Waals surface area contributed by atoms with Gasteiger partial charge in [-0.15, -0.1) is 0 Å². The fourth-order valence-corrected chi connectivity index (χ4v) is 2.09. The number of rotatable bonds is 3. The van der Waals surface area contributed by atoms with E-state index in [0.29, 0.717) is 31.1 Å². The third-order valence-corrected chi connectivity index (χ3v) is 3.17. The van der Waals surface area contributed by atoms with Crippen molar-refractivity contribution in [1.29, 1.82) is 0 Å². The van der Waals surface area contributed by atoms with Gasteiger partial charge in [0.25, 0.3) is 5.56 Å². The van der Waals surface area contributed by atoms with Crippen molar-refractivity contribution >= 4 is 5.95 Å². The maximum atomic E-state index is 11.6. The molecule has 3 rings (SSSR count). The van der Waals surface area contributed by atoms with Gasteiger partial charge in [-0.3, -0.25) is 4.79 Å². The molecule has 20 heavy (non-hydrogen) atoms. The number of H-pyrrole nitrogens is 1. The molecule has 1 saturated heterocycles. The first-order valence-electron chi connectivity index (χ1n) is 6.48. The van der Waals surface area contributed by atoms with Crippen molar-refractivity contribution in [2.24, 2.45) is 0 Å². The Morgan fingerprint density at radius 2 is 1.95 bits per heavy atom. The monoisotopic (exact) mass is 273 g/mol. The topological polar surface area (TPSA) is 84.0 Å². The molecule has 1 N–H and O–H groups in total. The summed E-state index contributed by atoms with van der Waals surface area (Å²) >= 11 is 0. The van der Waals surface area contributed by atoms with Crippen molar-refractivity contribution in [3.8, 4) is 0 Å². The second kappa shape index (κ2) is 5.79. The maximum absolute atomic E-state index is 11.6. The number of nitrogens with one attached hydrogen (secondary N) is 1. The molecule has 1 aliphatic heterocycles. The van der Waals surface area contributed by atoms with Crippen LogP contribution < -0.4 is 10.5 Å². The second-order valence-electron chi connectivity index (χ2n) is 4.57. The zero-order valence-electron chi connectivity index (χ0n) is 11.0. The van der Waals surface area contributed by atoms with Crippen LogP contribution in [-0.4, -0.2) is 46.2 Å². The Morgan fingerprint density at radius 1 is 1.20 bits per heavy atom. The summed E-state index contributed by atoms with van der Waals surface area (Å²) in [5, 5.41) is 0. The second-order valence-corrected chi connectivity index (χ2v) is 4.57. The molecule has 104 valence electrons. The van der Waals surface area contributed by atoms with Gasteiger partial charge in [0, 0.05) is 43.7 Å². The van der Waals surface area contributed by atoms with Gasteiger partial charge in [-0.25, -0.2) is 15.0 Å². The van der Waals surface area contributed by atoms with E-state index >= 15 is 0 Å². The minimum absolute atomic E-state index is 0.128. The number of hydrogen-bond acceptors (Lipinski definition) is 6. The van der Waals surface area contributed by atoms with E-state index in [1.54, 1.807) is 18.6 Å². The number of hydrogen-bond donors (Lipinski definition) is 1. The smallest absolute Gasteiger partial charge is 0.254 e. The Labute approximate surface area is 115 Å². The van der Waals surface area contributed by atoms with Crippen molar-refractivity contribution in [2.75, 3.05) is 31.2 Å². The van der Waals surface area contributed by atoms with Gasteiger partial charge in [0.15, 0.2) is 0 Å². The van der Waals surface area contributed by atoms with Crippen LogP contribution in [0.4, 0.5) is 5.95 Å². The molecular weight excluding hydrogens is 258 g/mol. The minimum atomic E-state index is -0.128. The molecule has 0 amide bonds. The molecule has 1 fully saturated rings. The zero-order chi connectivity index (χ0) is 13.8. The molecule has 0 atom stereocenters. The van der Waals surface area contributed by atoms with Crippen LogP contribution in [0.5, 0.6) is 0 Å². The predicted octanol–water partition coefficient (Wildman–Crippen LogP) is -0.0127. The number of aromatic nitrogens is 4. The highest BCUT2D eigenvalue weighted by Crippen LogP contribution is 2.10. The van der Waals surface area contributed by atoms with Crippen molar-refractivity contribution in [3.63, 3.8) is 0 Å². The third kappa shape index (κ3) is 2.83. The SMILES string of the molecule is O=c1[nH]cncc1Cc1cnc(N2CCOCC2)nc1. The van der Waals surface area contributed by atoms with Crippen LogP contribution in [0.3, 0.4) is 0 Å². The molecule has 0 saturated carbocycles. The zero-order valence-corrected chi connectivity index (χ0v) is 11.0. The first-order valence-corrected chi connectivity index (χ1v) is 6.48. The maximum Gasteiger partial charge on any atom is 0.254 e. The van der Waals surface area contributed by atoms with E-state index in [1.807, 2.05) is 0 Å². The Morgan fingerprint density at radius 3 is 2.65 bits per heavy atom. The van der Waals surface area contributed by atoms with E-state index in [4.69, 9.17) is 4.74 Å². The van der Waals surface area contributed by atoms with Gasteiger partial charge < -0.3 is 14.6 Å². The largest absolute Gasteiger partial charge is 0.378 e. The van der Waals surface area contributed by atoms with Crippen molar-refractivity contribution in [2.45, 2.75) is 6.42 Å². The van der Waals surface area contributed by atoms with Crippen molar-refractivity contribution < 1.29 is 4.74 Å². The lowest BCUT2D eigenvalue weighted by molar-refractivity contribution is 0.122. The van der Waals surface area contributed by atoms with E-state index in [1.165, 1.54) is 6.33 Å². The van der Waals surface area contributed by atoms with Crippen LogP contribution in [-0.2, 0) is 11.2 Å². The Kier molecular flexibility index (Phi) is 3.69. The molecule has 0 unspecified atom stereocenters. The Hall–Kier alpha value is -2.28. The van der Waals surface area contributed by atoms with Crippen LogP contribution in [0, 0.1) is 0 Å². The number of ether oxygens (including phenoxy) is 1. The quantitative estimate of drug-likeness (QED) is 0.846. The van der Waals surface area contributed by atoms with Gasteiger partial charge in [0.05, 0.1) is 19.5 Å². The highest BCUT2D eigenvalue weighted by atomic mass is 16.5. The molecule has 0 aromatic carbocycles. The first kappa shape index (κ1) is 12.7. The molecule has 0 spiro atoms. The van der Waals surface area contributed by atoms with Crippen LogP contribution >= 0.6 is 0 Å². The fourth-order valence-electron chi connectivity index (χ4n) is 2.09. The summed E-state index contributed by atoms with van der Waals surface area (Å²) in [5.74, 6) is 0.706. The highest BCUT2D eigenvalue weighted by molar-refractivity contribution is 5.31. The van der Waals surface area contributed by atoms with E-state index in [9.17, 15) is 4.79 Å². The molecule has 7 nitrogen and oxygen atoms in total. The summed E-state index contributed by atoms with van der Waals surface area (Å²) < 4.78 is 5.29. The summed E-state index contributed by atoms with van der Waals surface area (Å²) in [6.45, 7) is 3.02. The van der Waals surface area contributed by atoms with Crippen LogP contribution in [0.1, 0.15) is 11.1 Å². The molecule has 2 aromatic heterocycles. The molecule has 0 bridgehead atoms. The highest BCUT2D eigenvalue weighted by Gasteiger charge is 2.13. The van der Waals surface area contributed by atoms with Crippen LogP contribution in [0.2, 0.25) is 0 Å². The van der Waals surface area contributed by atoms with Crippen LogP contribution in [0.15, 0.2) is 29.7 Å². The minimum Gasteiger partial charge on any atom is -0.378 e. The average molecular weight is 273 g/mol. The van der Waals surface area contributed by atoms with Crippen molar-refractivity contribution in [3.05, 3.63) is 46.4 Å². The standard InChI is InChI=1S/C13H15N5O2/c19-12-11(8-14-9-17-12)5-10-6-15-13(16-7-10)18-1-3-20-4-2-18/h6-9H,1-5H2,(H,14,17,19). The van der Waals surface area contributed by atoms with Crippen LogP contribution in [0.25, 0.3) is 0 Å². The lowest BCUT2D eigenvalue weighted by Crippen LogP contribution is -2.37. The molecule has 3 heterocycles. The molecule has 7 heteroatoms. The van der Waals surface area contributed by atoms with Gasteiger partial charge in [0.1, 0.15) is 0 Å². The Balaban J connectivity index is 1.73. The van der Waals surface area contributed by atoms with E-state index in [2.05, 4.69) is 24.8 Å². The van der Waals surface area contributed by atoms with Gasteiger partial charge in [-0.05, 0) is 5.56 Å². The predicted molar refractivity (Wildman–Crippen MR) is 72.7 cm³/mol. The molecule has 0 aliphatic carbocycles. The van der Waals surface area contributed by atoms with E-state index in [0.717, 1.165) is 18.7 Å². The number of nitrogens with zero attached hydrogens (tertiary/aromatic N) is 4. The van der Waals surface area contributed by atoms with E-state index in [-0.39, 0.29) is 5.56 Å². The van der Waals surface area contributed by atoms with Gasteiger partial charge in [-0.1, -0.05) is 0 Å². The lowest BCUT2D eigenvalue weighted by atomic mass is 10.1. The molecule has 1 aliphatic rings. The third-order valence-electron chi connectivity index (χ3n) is 3.17. The van der Waals surface area contributed by atoms with Gasteiger partial charge >= 0.3 is 0 Å². The first-order chi connectivity index (χ1) is 9.83. The number of anilines is 1. The lowest BCUT2D eigenvalue weighted by Gasteiger charge is -2.26. The number of morpholine rings is 1. The molecular formula is C13H15N5O2. The van der Waals surface area contributed by atoms with Gasteiger partial charge in [0.2, 0.25) is 5.95 Å². The van der Waals surface area contributed by atoms with Gasteiger partial charge in [-0.2, -0.15) is 0 Å². The normalized spacial score (nSPS) is 15.3. The molecule has 2 aromatic rings. The summed E-state index contributed by atoms with van der Waals surface area (Å²) in [4.78, 5) is 28.8. The summed E-state index contributed by atoms with van der Waals surface area (Å²) in [7, 11) is 0. The van der Waals surface area contributed by atoms with E-state index < -0.39 is 0 Å². The Bertz CT molecular complexity index is 619. The molecule has 0 radical (unpaired) electrons.